The van der Waals surface area contributed by atoms with E-state index in [0.29, 0.717) is 12.5 Å². The normalized spacial score (nSPS) is 9.44. The molecule has 0 rings (SSSR count). The molecule has 54 valence electrons. The summed E-state index contributed by atoms with van der Waals surface area (Å²) in [5, 5.41) is 0. The molecule has 0 amide bonds. The molecule has 0 atom stereocenters. The summed E-state index contributed by atoms with van der Waals surface area (Å²) in [6.45, 7) is 4.15. The zero-order valence-corrected chi connectivity index (χ0v) is 6.88. The zero-order valence-electron chi connectivity index (χ0n) is 5.31. The van der Waals surface area contributed by atoms with Crippen LogP contribution in [0.4, 0.5) is 0 Å². The van der Waals surface area contributed by atoms with Crippen molar-refractivity contribution in [1.29, 1.82) is 0 Å². The molecule has 0 radical (unpaired) electrons. The second-order valence-electron chi connectivity index (χ2n) is 1.37. The lowest BCUT2D eigenvalue weighted by atomic mass is 10.7. The summed E-state index contributed by atoms with van der Waals surface area (Å²) in [6.07, 6.45) is 1.74. The summed E-state index contributed by atoms with van der Waals surface area (Å²) in [5.41, 5.74) is 0. The Kier molecular flexibility index (Phi) is 8.66. The Morgan fingerprint density at radius 3 is 3.00 bits per heavy atom. The Labute approximate surface area is 65.4 Å². The number of halogens is 1. The van der Waals surface area contributed by atoms with Crippen molar-refractivity contribution in [2.24, 2.45) is 0 Å². The maximum Gasteiger partial charge on any atom is 0.0925 e. The fraction of sp³-hybridized carbons (Fsp3) is 0.667. The lowest BCUT2D eigenvalue weighted by Gasteiger charge is -1.97. The summed E-state index contributed by atoms with van der Waals surface area (Å²) in [4.78, 5) is 0. The highest BCUT2D eigenvalue weighted by Crippen LogP contribution is 1.99. The van der Waals surface area contributed by atoms with Crippen molar-refractivity contribution in [1.82, 2.24) is 0 Å². The molecule has 0 spiro atoms. The molecule has 1 nitrogen and oxygen atoms in total. The van der Waals surface area contributed by atoms with Crippen LogP contribution in [0.15, 0.2) is 12.7 Å². The van der Waals surface area contributed by atoms with E-state index in [1.807, 2.05) is 0 Å². The molecule has 0 saturated heterocycles. The Balaban J connectivity index is 2.66. The third-order valence-corrected chi connectivity index (χ3v) is 1.86. The first-order valence-corrected chi connectivity index (χ1v) is 4.43. The quantitative estimate of drug-likeness (QED) is 0.259. The minimum absolute atomic E-state index is 0.634. The van der Waals surface area contributed by atoms with E-state index < -0.39 is 0 Å². The lowest BCUT2D eigenvalue weighted by molar-refractivity contribution is 0.217. The Hall–Kier alpha value is 0.340. The Morgan fingerprint density at radius 1 is 1.67 bits per heavy atom. The molecular formula is C6H11ClOS. The Morgan fingerprint density at radius 2 is 2.44 bits per heavy atom. The van der Waals surface area contributed by atoms with Gasteiger partial charge in [-0.2, -0.15) is 0 Å². The van der Waals surface area contributed by atoms with Crippen molar-refractivity contribution >= 4 is 23.4 Å². The molecule has 0 aliphatic rings. The summed E-state index contributed by atoms with van der Waals surface area (Å²) >= 11 is 7.11. The van der Waals surface area contributed by atoms with Gasteiger partial charge in [0.05, 0.1) is 12.5 Å². The lowest BCUT2D eigenvalue weighted by Crippen LogP contribution is -1.90. The van der Waals surface area contributed by atoms with Gasteiger partial charge in [-0.25, -0.2) is 0 Å². The molecule has 0 saturated carbocycles. The number of thioether (sulfide) groups is 1. The highest BCUT2D eigenvalue weighted by Gasteiger charge is 1.84. The van der Waals surface area contributed by atoms with Crippen molar-refractivity contribution in [2.75, 3.05) is 24.2 Å². The van der Waals surface area contributed by atoms with Gasteiger partial charge in [0.1, 0.15) is 0 Å². The number of hydrogen-bond acceptors (Lipinski definition) is 2. The van der Waals surface area contributed by atoms with Crippen LogP contribution in [0.5, 0.6) is 0 Å². The van der Waals surface area contributed by atoms with Gasteiger partial charge in [-0.15, -0.1) is 29.9 Å². The van der Waals surface area contributed by atoms with Gasteiger partial charge in [0.2, 0.25) is 0 Å². The first-order chi connectivity index (χ1) is 4.41. The fourth-order valence-electron chi connectivity index (χ4n) is 0.304. The number of hydrogen-bond donors (Lipinski definition) is 0. The van der Waals surface area contributed by atoms with Crippen LogP contribution in [-0.4, -0.2) is 24.2 Å². The van der Waals surface area contributed by atoms with E-state index in [1.165, 1.54) is 0 Å². The van der Waals surface area contributed by atoms with Gasteiger partial charge >= 0.3 is 0 Å². The first kappa shape index (κ1) is 9.34. The topological polar surface area (TPSA) is 9.23 Å². The largest absolute Gasteiger partial charge is 0.367 e. The minimum Gasteiger partial charge on any atom is -0.367 e. The van der Waals surface area contributed by atoms with Gasteiger partial charge in [-0.05, 0) is 0 Å². The maximum absolute atomic E-state index is 5.42. The number of rotatable bonds is 6. The molecule has 0 N–H and O–H groups in total. The summed E-state index contributed by atoms with van der Waals surface area (Å²) in [7, 11) is 0. The highest BCUT2D eigenvalue weighted by molar-refractivity contribution is 7.99. The Bertz CT molecular complexity index is 68.1. The molecular weight excluding hydrogens is 156 g/mol. The van der Waals surface area contributed by atoms with Crippen LogP contribution in [-0.2, 0) is 4.74 Å². The SMILES string of the molecule is C=CCOCSCCCl. The maximum atomic E-state index is 5.42. The molecule has 9 heavy (non-hydrogen) atoms. The molecule has 0 aromatic carbocycles. The molecule has 0 aliphatic carbocycles. The third-order valence-electron chi connectivity index (χ3n) is 0.624. The van der Waals surface area contributed by atoms with Gasteiger partial charge in [-0.1, -0.05) is 6.08 Å². The standard InChI is InChI=1S/C6H11ClOS/c1-2-4-8-6-9-5-3-7/h2H,1,3-6H2. The van der Waals surface area contributed by atoms with Gasteiger partial charge < -0.3 is 4.74 Å². The van der Waals surface area contributed by atoms with Gasteiger partial charge in [0.15, 0.2) is 0 Å². The molecule has 0 heterocycles. The van der Waals surface area contributed by atoms with Crippen LogP contribution in [0, 0.1) is 0 Å². The number of ether oxygens (including phenoxy) is 1. The molecule has 0 bridgehead atoms. The van der Waals surface area contributed by atoms with E-state index in [9.17, 15) is 0 Å². The third kappa shape index (κ3) is 8.34. The molecule has 0 fully saturated rings. The van der Waals surface area contributed by atoms with Crippen molar-refractivity contribution < 1.29 is 4.74 Å². The van der Waals surface area contributed by atoms with Crippen LogP contribution in [0.1, 0.15) is 0 Å². The van der Waals surface area contributed by atoms with Crippen molar-refractivity contribution in [3.8, 4) is 0 Å². The van der Waals surface area contributed by atoms with E-state index in [1.54, 1.807) is 17.8 Å². The predicted molar refractivity (Wildman–Crippen MR) is 44.2 cm³/mol. The van der Waals surface area contributed by atoms with Gasteiger partial charge in [-0.3, -0.25) is 0 Å². The molecule has 0 aromatic heterocycles. The summed E-state index contributed by atoms with van der Waals surface area (Å²) in [5.74, 6) is 2.37. The average molecular weight is 167 g/mol. The van der Waals surface area contributed by atoms with Gasteiger partial charge in [0.25, 0.3) is 0 Å². The fourth-order valence-corrected chi connectivity index (χ4v) is 1.07. The van der Waals surface area contributed by atoms with Crippen molar-refractivity contribution in [3.63, 3.8) is 0 Å². The smallest absolute Gasteiger partial charge is 0.0925 e. The first-order valence-electron chi connectivity index (χ1n) is 2.74. The van der Waals surface area contributed by atoms with E-state index in [-0.39, 0.29) is 0 Å². The predicted octanol–water partition coefficient (Wildman–Crippen LogP) is 2.12. The van der Waals surface area contributed by atoms with Gasteiger partial charge in [0, 0.05) is 11.6 Å². The average Bonchev–Trinajstić information content (AvgIpc) is 1.89. The van der Waals surface area contributed by atoms with E-state index >= 15 is 0 Å². The molecule has 0 aromatic rings. The van der Waals surface area contributed by atoms with E-state index in [4.69, 9.17) is 16.3 Å². The molecule has 0 unspecified atom stereocenters. The summed E-state index contributed by atoms with van der Waals surface area (Å²) in [6, 6.07) is 0. The van der Waals surface area contributed by atoms with Crippen LogP contribution in [0.2, 0.25) is 0 Å². The van der Waals surface area contributed by atoms with Crippen LogP contribution >= 0.6 is 23.4 Å². The minimum atomic E-state index is 0.634. The highest BCUT2D eigenvalue weighted by atomic mass is 35.5. The molecule has 0 aliphatic heterocycles. The second kappa shape index (κ2) is 8.34. The van der Waals surface area contributed by atoms with Crippen molar-refractivity contribution in [3.05, 3.63) is 12.7 Å². The second-order valence-corrected chi connectivity index (χ2v) is 2.80. The number of alkyl halides is 1. The van der Waals surface area contributed by atoms with Crippen LogP contribution in [0.3, 0.4) is 0 Å². The monoisotopic (exact) mass is 166 g/mol. The van der Waals surface area contributed by atoms with Crippen LogP contribution < -0.4 is 0 Å². The summed E-state index contributed by atoms with van der Waals surface area (Å²) < 4.78 is 5.07. The van der Waals surface area contributed by atoms with Crippen molar-refractivity contribution in [2.45, 2.75) is 0 Å². The zero-order chi connectivity index (χ0) is 6.95. The van der Waals surface area contributed by atoms with E-state index in [2.05, 4.69) is 6.58 Å². The van der Waals surface area contributed by atoms with E-state index in [0.717, 1.165) is 11.7 Å². The molecule has 3 heteroatoms. The van der Waals surface area contributed by atoms with Crippen LogP contribution in [0.25, 0.3) is 0 Å².